The Kier molecular flexibility index (Phi) is 10.6. The molecule has 8 heteroatoms. The minimum atomic E-state index is -3.49. The van der Waals surface area contributed by atoms with Gasteiger partial charge in [0.25, 0.3) is 0 Å². The molecule has 2 aromatic carbocycles. The second-order valence-electron chi connectivity index (χ2n) is 8.60. The molecule has 0 radical (unpaired) electrons. The summed E-state index contributed by atoms with van der Waals surface area (Å²) in [6.45, 7) is 6.86. The summed E-state index contributed by atoms with van der Waals surface area (Å²) in [5.74, 6) is -0.365. The molecule has 0 saturated carbocycles. The first-order chi connectivity index (χ1) is 16.1. The number of sulfonamides is 1. The van der Waals surface area contributed by atoms with E-state index in [1.165, 1.54) is 4.31 Å². The van der Waals surface area contributed by atoms with Crippen molar-refractivity contribution in [2.24, 2.45) is 0 Å². The number of nitrogens with one attached hydrogen (secondary N) is 1. The second kappa shape index (κ2) is 13.1. The quantitative estimate of drug-likeness (QED) is 0.435. The summed E-state index contributed by atoms with van der Waals surface area (Å²) in [5, 5.41) is 2.91. The zero-order valence-electron chi connectivity index (χ0n) is 20.7. The molecule has 0 unspecified atom stereocenters. The second-order valence-corrected chi connectivity index (χ2v) is 10.5. The molecule has 0 bridgehead atoms. The van der Waals surface area contributed by atoms with Crippen molar-refractivity contribution in [1.82, 2.24) is 10.2 Å². The highest BCUT2D eigenvalue weighted by molar-refractivity contribution is 7.92. The first-order valence-electron chi connectivity index (χ1n) is 11.8. The van der Waals surface area contributed by atoms with E-state index < -0.39 is 16.1 Å². The van der Waals surface area contributed by atoms with E-state index >= 15 is 0 Å². The molecule has 0 aliphatic carbocycles. The monoisotopic (exact) mass is 487 g/mol. The summed E-state index contributed by atoms with van der Waals surface area (Å²) in [5.41, 5.74) is 2.63. The van der Waals surface area contributed by atoms with Crippen LogP contribution in [0.1, 0.15) is 50.7 Å². The number of amides is 2. The first kappa shape index (κ1) is 27.4. The van der Waals surface area contributed by atoms with Crippen molar-refractivity contribution in [1.29, 1.82) is 0 Å². The van der Waals surface area contributed by atoms with Crippen LogP contribution in [0, 0.1) is 6.92 Å². The van der Waals surface area contributed by atoms with E-state index in [0.717, 1.165) is 30.2 Å². The predicted octanol–water partition coefficient (Wildman–Crippen LogP) is 3.87. The average Bonchev–Trinajstić information content (AvgIpc) is 2.80. The number of anilines is 1. The number of unbranched alkanes of at least 4 members (excludes halogenated alkanes) is 1. The van der Waals surface area contributed by atoms with Crippen LogP contribution in [0.25, 0.3) is 0 Å². The van der Waals surface area contributed by atoms with Gasteiger partial charge in [-0.05, 0) is 44.4 Å². The van der Waals surface area contributed by atoms with Crippen LogP contribution in [0.15, 0.2) is 54.6 Å². The van der Waals surface area contributed by atoms with E-state index in [1.807, 2.05) is 37.3 Å². The van der Waals surface area contributed by atoms with Crippen molar-refractivity contribution in [3.8, 4) is 0 Å². The third-order valence-corrected chi connectivity index (χ3v) is 6.86. The first-order valence-corrected chi connectivity index (χ1v) is 13.6. The number of rotatable bonds is 13. The zero-order chi connectivity index (χ0) is 25.1. The van der Waals surface area contributed by atoms with Gasteiger partial charge in [0.2, 0.25) is 21.8 Å². The molecule has 0 aliphatic rings. The molecule has 0 aromatic heterocycles. The molecule has 1 atom stereocenters. The Morgan fingerprint density at radius 2 is 1.65 bits per heavy atom. The van der Waals surface area contributed by atoms with Crippen LogP contribution in [-0.2, 0) is 26.2 Å². The number of para-hydroxylation sites is 1. The maximum Gasteiger partial charge on any atom is 0.242 e. The smallest absolute Gasteiger partial charge is 0.242 e. The van der Waals surface area contributed by atoms with Gasteiger partial charge in [-0.25, -0.2) is 8.42 Å². The molecule has 1 N–H and O–H groups in total. The van der Waals surface area contributed by atoms with Gasteiger partial charge < -0.3 is 10.2 Å². The Morgan fingerprint density at radius 3 is 2.24 bits per heavy atom. The number of hydrogen-bond donors (Lipinski definition) is 1. The van der Waals surface area contributed by atoms with E-state index in [4.69, 9.17) is 0 Å². The Balaban J connectivity index is 2.11. The topological polar surface area (TPSA) is 86.8 Å². The molecule has 2 rings (SSSR count). The number of aryl methyl sites for hydroxylation is 1. The molecule has 186 valence electrons. The normalized spacial score (nSPS) is 12.1. The molecule has 0 aliphatic heterocycles. The van der Waals surface area contributed by atoms with Crippen LogP contribution in [0.3, 0.4) is 0 Å². The predicted molar refractivity (Wildman–Crippen MR) is 137 cm³/mol. The largest absolute Gasteiger partial charge is 0.354 e. The van der Waals surface area contributed by atoms with E-state index in [9.17, 15) is 18.0 Å². The summed E-state index contributed by atoms with van der Waals surface area (Å²) in [6, 6.07) is 16.1. The van der Waals surface area contributed by atoms with Crippen LogP contribution < -0.4 is 9.62 Å². The molecular weight excluding hydrogens is 450 g/mol. The summed E-state index contributed by atoms with van der Waals surface area (Å²) in [7, 11) is -3.49. The number of hydrogen-bond acceptors (Lipinski definition) is 4. The average molecular weight is 488 g/mol. The SMILES string of the molecule is CCCCNC(=O)[C@@H](C)N(Cc1ccc(C)cc1)C(=O)CCCN(c1ccccc1)S(C)(=O)=O. The Bertz CT molecular complexity index is 1020. The van der Waals surface area contributed by atoms with Crippen LogP contribution >= 0.6 is 0 Å². The standard InChI is InChI=1S/C26H37N3O4S/c1-5-6-18-27-26(31)22(3)28(20-23-16-14-21(2)15-17-23)25(30)13-10-19-29(34(4,32)33)24-11-8-7-9-12-24/h7-9,11-12,14-17,22H,5-6,10,13,18-20H2,1-4H3,(H,27,31)/t22-/m1/s1. The van der Waals surface area contributed by atoms with Crippen molar-refractivity contribution in [3.63, 3.8) is 0 Å². The van der Waals surface area contributed by atoms with E-state index in [0.29, 0.717) is 25.2 Å². The van der Waals surface area contributed by atoms with Crippen molar-refractivity contribution >= 4 is 27.5 Å². The van der Waals surface area contributed by atoms with Gasteiger partial charge in [-0.3, -0.25) is 13.9 Å². The third-order valence-electron chi connectivity index (χ3n) is 5.67. The lowest BCUT2D eigenvalue weighted by Gasteiger charge is -2.29. The highest BCUT2D eigenvalue weighted by Crippen LogP contribution is 2.18. The molecule has 0 saturated heterocycles. The van der Waals surface area contributed by atoms with E-state index in [1.54, 1.807) is 36.1 Å². The maximum atomic E-state index is 13.2. The number of nitrogens with zero attached hydrogens (tertiary/aromatic N) is 2. The van der Waals surface area contributed by atoms with Crippen LogP contribution in [-0.4, -0.2) is 50.5 Å². The fraction of sp³-hybridized carbons (Fsp3) is 0.462. The van der Waals surface area contributed by atoms with Gasteiger partial charge in [0, 0.05) is 26.1 Å². The maximum absolute atomic E-state index is 13.2. The molecule has 2 amide bonds. The van der Waals surface area contributed by atoms with Crippen LogP contribution in [0.4, 0.5) is 5.69 Å². The van der Waals surface area contributed by atoms with Gasteiger partial charge in [0.15, 0.2) is 0 Å². The molecule has 0 heterocycles. The van der Waals surface area contributed by atoms with Crippen molar-refractivity contribution in [3.05, 3.63) is 65.7 Å². The van der Waals surface area contributed by atoms with Gasteiger partial charge in [-0.2, -0.15) is 0 Å². The Hall–Kier alpha value is -2.87. The van der Waals surface area contributed by atoms with Gasteiger partial charge in [0.1, 0.15) is 6.04 Å². The molecular formula is C26H37N3O4S. The van der Waals surface area contributed by atoms with Gasteiger partial charge in [0.05, 0.1) is 11.9 Å². The highest BCUT2D eigenvalue weighted by atomic mass is 32.2. The molecule has 0 fully saturated rings. The van der Waals surface area contributed by atoms with Gasteiger partial charge in [-0.15, -0.1) is 0 Å². The summed E-state index contributed by atoms with van der Waals surface area (Å²) in [4.78, 5) is 27.5. The lowest BCUT2D eigenvalue weighted by molar-refractivity contribution is -0.140. The number of carbonyl (C=O) groups excluding carboxylic acids is 2. The summed E-state index contributed by atoms with van der Waals surface area (Å²) >= 11 is 0. The fourth-order valence-electron chi connectivity index (χ4n) is 3.61. The number of benzene rings is 2. The van der Waals surface area contributed by atoms with E-state index in [2.05, 4.69) is 12.2 Å². The molecule has 0 spiro atoms. The summed E-state index contributed by atoms with van der Waals surface area (Å²) in [6.07, 6.45) is 3.49. The van der Waals surface area contributed by atoms with Crippen molar-refractivity contribution < 1.29 is 18.0 Å². The molecule has 7 nitrogen and oxygen atoms in total. The Morgan fingerprint density at radius 1 is 1.00 bits per heavy atom. The molecule has 34 heavy (non-hydrogen) atoms. The van der Waals surface area contributed by atoms with E-state index in [-0.39, 0.29) is 24.8 Å². The minimum Gasteiger partial charge on any atom is -0.354 e. The Labute approximate surface area is 204 Å². The van der Waals surface area contributed by atoms with Crippen LogP contribution in [0.2, 0.25) is 0 Å². The lowest BCUT2D eigenvalue weighted by atomic mass is 10.1. The van der Waals surface area contributed by atoms with Gasteiger partial charge >= 0.3 is 0 Å². The van der Waals surface area contributed by atoms with Gasteiger partial charge in [-0.1, -0.05) is 61.4 Å². The third kappa shape index (κ3) is 8.48. The zero-order valence-corrected chi connectivity index (χ0v) is 21.5. The van der Waals surface area contributed by atoms with Crippen molar-refractivity contribution in [2.75, 3.05) is 23.7 Å². The van der Waals surface area contributed by atoms with Crippen LogP contribution in [0.5, 0.6) is 0 Å². The molecule has 2 aromatic rings. The van der Waals surface area contributed by atoms with Crippen molar-refractivity contribution in [2.45, 2.75) is 59.0 Å². The highest BCUT2D eigenvalue weighted by Gasteiger charge is 2.26. The summed E-state index contributed by atoms with van der Waals surface area (Å²) < 4.78 is 25.9. The fourth-order valence-corrected chi connectivity index (χ4v) is 4.57. The minimum absolute atomic E-state index is 0.136. The lowest BCUT2D eigenvalue weighted by Crippen LogP contribution is -2.48. The number of carbonyl (C=O) groups is 2.